The lowest BCUT2D eigenvalue weighted by atomic mass is 10.1. The fraction of sp³-hybridized carbons (Fsp3) is 0.278. The molecule has 0 aliphatic heterocycles. The number of rotatable bonds is 8. The van der Waals surface area contributed by atoms with Crippen LogP contribution in [-0.4, -0.2) is 43.6 Å². The second kappa shape index (κ2) is 9.42. The minimum absolute atomic E-state index is 0.210. The van der Waals surface area contributed by atoms with Gasteiger partial charge in [-0.1, -0.05) is 36.4 Å². The first-order valence-electron chi connectivity index (χ1n) is 7.77. The van der Waals surface area contributed by atoms with E-state index in [9.17, 15) is 9.59 Å². The lowest BCUT2D eigenvalue weighted by Crippen LogP contribution is -2.30. The lowest BCUT2D eigenvalue weighted by molar-refractivity contribution is 0.0931. The number of benzene rings is 1. The van der Waals surface area contributed by atoms with Crippen LogP contribution in [0, 0.1) is 0 Å². The average Bonchev–Trinajstić information content (AvgIpc) is 2.63. The van der Waals surface area contributed by atoms with Crippen LogP contribution in [0.25, 0.3) is 0 Å². The van der Waals surface area contributed by atoms with Crippen LogP contribution in [0.4, 0.5) is 0 Å². The van der Waals surface area contributed by atoms with Crippen molar-refractivity contribution >= 4 is 11.8 Å². The molecule has 126 valence electrons. The van der Waals surface area contributed by atoms with Crippen LogP contribution in [-0.2, 0) is 11.2 Å². The first-order chi connectivity index (χ1) is 11.7. The Kier molecular flexibility index (Phi) is 6.91. The highest BCUT2D eigenvalue weighted by Gasteiger charge is 2.11. The minimum atomic E-state index is -0.328. The average molecular weight is 327 g/mol. The van der Waals surface area contributed by atoms with E-state index in [1.807, 2.05) is 30.3 Å². The van der Waals surface area contributed by atoms with Gasteiger partial charge in [-0.2, -0.15) is 0 Å². The Morgan fingerprint density at radius 3 is 2.17 bits per heavy atom. The zero-order valence-electron chi connectivity index (χ0n) is 13.6. The number of hydrogen-bond acceptors (Lipinski definition) is 4. The van der Waals surface area contributed by atoms with Crippen molar-refractivity contribution < 1.29 is 14.3 Å². The quantitative estimate of drug-likeness (QED) is 0.719. The maximum absolute atomic E-state index is 12.1. The molecule has 1 heterocycles. The van der Waals surface area contributed by atoms with Crippen LogP contribution >= 0.6 is 0 Å². The van der Waals surface area contributed by atoms with Crippen molar-refractivity contribution in [2.45, 2.75) is 6.42 Å². The Hall–Kier alpha value is -2.73. The Bertz CT molecular complexity index is 674. The maximum Gasteiger partial charge on any atom is 0.269 e. The zero-order valence-corrected chi connectivity index (χ0v) is 13.6. The van der Waals surface area contributed by atoms with Gasteiger partial charge in [0.1, 0.15) is 11.4 Å². The molecular weight excluding hydrogens is 306 g/mol. The van der Waals surface area contributed by atoms with Crippen LogP contribution in [0.1, 0.15) is 26.5 Å². The number of nitrogens with one attached hydrogen (secondary N) is 2. The molecule has 0 saturated carbocycles. The van der Waals surface area contributed by atoms with Crippen LogP contribution in [0.5, 0.6) is 0 Å². The van der Waals surface area contributed by atoms with Gasteiger partial charge in [-0.3, -0.25) is 9.59 Å². The molecule has 0 radical (unpaired) electrons. The highest BCUT2D eigenvalue weighted by molar-refractivity contribution is 5.96. The predicted molar refractivity (Wildman–Crippen MR) is 90.9 cm³/mol. The van der Waals surface area contributed by atoms with Crippen LogP contribution in [0.15, 0.2) is 48.5 Å². The Labute approximate surface area is 141 Å². The fourth-order valence-electron chi connectivity index (χ4n) is 2.10. The minimum Gasteiger partial charge on any atom is -0.383 e. The van der Waals surface area contributed by atoms with Gasteiger partial charge in [-0.25, -0.2) is 4.98 Å². The lowest BCUT2D eigenvalue weighted by Gasteiger charge is -2.07. The van der Waals surface area contributed by atoms with E-state index in [0.29, 0.717) is 19.7 Å². The number of pyridine rings is 1. The smallest absolute Gasteiger partial charge is 0.269 e. The summed E-state index contributed by atoms with van der Waals surface area (Å²) >= 11 is 0. The van der Waals surface area contributed by atoms with E-state index in [2.05, 4.69) is 15.6 Å². The van der Waals surface area contributed by atoms with Crippen LogP contribution in [0.2, 0.25) is 0 Å². The van der Waals surface area contributed by atoms with Gasteiger partial charge in [-0.05, 0) is 24.1 Å². The Balaban J connectivity index is 1.87. The number of ether oxygens (including phenoxy) is 1. The molecule has 6 heteroatoms. The molecule has 0 saturated heterocycles. The summed E-state index contributed by atoms with van der Waals surface area (Å²) in [6.45, 7) is 1.32. The highest BCUT2D eigenvalue weighted by atomic mass is 16.5. The molecular formula is C18H21N3O3. The van der Waals surface area contributed by atoms with E-state index in [4.69, 9.17) is 4.74 Å². The number of carbonyl (C=O) groups is 2. The van der Waals surface area contributed by atoms with Gasteiger partial charge < -0.3 is 15.4 Å². The Morgan fingerprint density at radius 2 is 1.54 bits per heavy atom. The van der Waals surface area contributed by atoms with E-state index >= 15 is 0 Å². The molecule has 2 N–H and O–H groups in total. The SMILES string of the molecule is COCCNC(=O)c1cccc(C(=O)NCCc2ccccc2)n1. The molecule has 1 aromatic carbocycles. The molecule has 2 rings (SSSR count). The van der Waals surface area contributed by atoms with Gasteiger partial charge in [0.2, 0.25) is 0 Å². The third-order valence-electron chi connectivity index (χ3n) is 3.35. The molecule has 0 fully saturated rings. The number of hydrogen-bond donors (Lipinski definition) is 2. The monoisotopic (exact) mass is 327 g/mol. The molecule has 0 spiro atoms. The number of aromatic nitrogens is 1. The summed E-state index contributed by atoms with van der Waals surface area (Å²) in [5.41, 5.74) is 1.58. The molecule has 2 aromatic rings. The van der Waals surface area contributed by atoms with E-state index in [1.165, 1.54) is 0 Å². The topological polar surface area (TPSA) is 80.3 Å². The second-order valence-electron chi connectivity index (χ2n) is 5.15. The van der Waals surface area contributed by atoms with Gasteiger partial charge in [0, 0.05) is 20.2 Å². The largest absolute Gasteiger partial charge is 0.383 e. The van der Waals surface area contributed by atoms with Crippen molar-refractivity contribution in [1.82, 2.24) is 15.6 Å². The third kappa shape index (κ3) is 5.48. The van der Waals surface area contributed by atoms with Crippen molar-refractivity contribution in [3.8, 4) is 0 Å². The second-order valence-corrected chi connectivity index (χ2v) is 5.15. The molecule has 0 unspecified atom stereocenters. The standard InChI is InChI=1S/C18H21N3O3/c1-24-13-12-20-18(23)16-9-5-8-15(21-16)17(22)19-11-10-14-6-3-2-4-7-14/h2-9H,10-13H2,1H3,(H,19,22)(H,20,23). The van der Waals surface area contributed by atoms with E-state index in [0.717, 1.165) is 12.0 Å². The summed E-state index contributed by atoms with van der Waals surface area (Å²) in [6, 6.07) is 14.7. The van der Waals surface area contributed by atoms with Crippen molar-refractivity contribution in [2.75, 3.05) is 26.8 Å². The summed E-state index contributed by atoms with van der Waals surface area (Å²) < 4.78 is 4.87. The molecule has 0 bridgehead atoms. The summed E-state index contributed by atoms with van der Waals surface area (Å²) in [7, 11) is 1.56. The number of amides is 2. The summed E-state index contributed by atoms with van der Waals surface area (Å²) in [5.74, 6) is -0.622. The molecule has 2 amide bonds. The summed E-state index contributed by atoms with van der Waals surface area (Å²) in [6.07, 6.45) is 0.740. The number of carbonyl (C=O) groups excluding carboxylic acids is 2. The molecule has 0 aliphatic rings. The third-order valence-corrected chi connectivity index (χ3v) is 3.35. The molecule has 0 atom stereocenters. The maximum atomic E-state index is 12.1. The van der Waals surface area contributed by atoms with Gasteiger partial charge >= 0.3 is 0 Å². The molecule has 24 heavy (non-hydrogen) atoms. The number of nitrogens with zero attached hydrogens (tertiary/aromatic N) is 1. The fourth-order valence-corrected chi connectivity index (χ4v) is 2.10. The first-order valence-corrected chi connectivity index (χ1v) is 7.77. The van der Waals surface area contributed by atoms with E-state index in [-0.39, 0.29) is 23.2 Å². The van der Waals surface area contributed by atoms with Crippen molar-refractivity contribution in [3.63, 3.8) is 0 Å². The highest BCUT2D eigenvalue weighted by Crippen LogP contribution is 2.01. The van der Waals surface area contributed by atoms with E-state index in [1.54, 1.807) is 25.3 Å². The van der Waals surface area contributed by atoms with E-state index < -0.39 is 0 Å². The normalized spacial score (nSPS) is 10.2. The van der Waals surface area contributed by atoms with Gasteiger partial charge in [-0.15, -0.1) is 0 Å². The predicted octanol–water partition coefficient (Wildman–Crippen LogP) is 1.43. The zero-order chi connectivity index (χ0) is 17.2. The summed E-state index contributed by atoms with van der Waals surface area (Å²) in [4.78, 5) is 28.2. The molecule has 0 aliphatic carbocycles. The van der Waals surface area contributed by atoms with Crippen molar-refractivity contribution in [2.24, 2.45) is 0 Å². The molecule has 6 nitrogen and oxygen atoms in total. The van der Waals surface area contributed by atoms with Gasteiger partial charge in [0.15, 0.2) is 0 Å². The van der Waals surface area contributed by atoms with Gasteiger partial charge in [0.25, 0.3) is 11.8 Å². The Morgan fingerprint density at radius 1 is 0.917 bits per heavy atom. The first kappa shape index (κ1) is 17.6. The molecule has 1 aromatic heterocycles. The van der Waals surface area contributed by atoms with Crippen LogP contribution in [0.3, 0.4) is 0 Å². The van der Waals surface area contributed by atoms with Gasteiger partial charge in [0.05, 0.1) is 6.61 Å². The number of methoxy groups -OCH3 is 1. The van der Waals surface area contributed by atoms with Crippen molar-refractivity contribution in [3.05, 3.63) is 65.5 Å². The van der Waals surface area contributed by atoms with Crippen molar-refractivity contribution in [1.29, 1.82) is 0 Å². The van der Waals surface area contributed by atoms with Crippen LogP contribution < -0.4 is 10.6 Å². The summed E-state index contributed by atoms with van der Waals surface area (Å²) in [5, 5.41) is 5.49.